The van der Waals surface area contributed by atoms with Crippen molar-refractivity contribution in [3.63, 3.8) is 0 Å². The SMILES string of the molecule is CCCCC#C[Si](C#CC1=CCCCC1)(c1ccccc1)c1c(C)cc(C)cc1C. The molecule has 0 radical (unpaired) electrons. The minimum Gasteiger partial charge on any atom is -0.108 e. The first kappa shape index (κ1) is 22.2. The molecule has 1 aliphatic rings. The van der Waals surface area contributed by atoms with Crippen molar-refractivity contribution in [1.29, 1.82) is 0 Å². The van der Waals surface area contributed by atoms with Gasteiger partial charge in [-0.15, -0.1) is 11.5 Å². The van der Waals surface area contributed by atoms with Gasteiger partial charge in [-0.3, -0.25) is 0 Å². The number of benzene rings is 2. The zero-order valence-corrected chi connectivity index (χ0v) is 20.1. The van der Waals surface area contributed by atoms with E-state index < -0.39 is 8.07 Å². The molecule has 0 heterocycles. The lowest BCUT2D eigenvalue weighted by Gasteiger charge is -2.26. The van der Waals surface area contributed by atoms with Gasteiger partial charge in [-0.25, -0.2) is 0 Å². The van der Waals surface area contributed by atoms with E-state index in [4.69, 9.17) is 0 Å². The van der Waals surface area contributed by atoms with Crippen LogP contribution < -0.4 is 10.4 Å². The normalized spacial score (nSPS) is 15.1. The molecule has 154 valence electrons. The molecule has 0 fully saturated rings. The predicted octanol–water partition coefficient (Wildman–Crippen LogP) is 5.95. The van der Waals surface area contributed by atoms with Crippen molar-refractivity contribution < 1.29 is 0 Å². The molecular weight excluding hydrogens is 376 g/mol. The molecule has 0 N–H and O–H groups in total. The van der Waals surface area contributed by atoms with E-state index in [1.54, 1.807) is 0 Å². The minimum atomic E-state index is -2.56. The summed E-state index contributed by atoms with van der Waals surface area (Å²) in [4.78, 5) is 0. The second-order valence-electron chi connectivity index (χ2n) is 8.52. The van der Waals surface area contributed by atoms with Crippen LogP contribution in [-0.4, -0.2) is 8.07 Å². The number of hydrogen-bond acceptors (Lipinski definition) is 0. The first-order valence-electron chi connectivity index (χ1n) is 11.4. The summed E-state index contributed by atoms with van der Waals surface area (Å²) in [5.41, 5.74) is 13.0. The molecule has 3 rings (SSSR count). The smallest absolute Gasteiger partial charge is 0.108 e. The highest BCUT2D eigenvalue weighted by Crippen LogP contribution is 2.18. The lowest BCUT2D eigenvalue weighted by Crippen LogP contribution is -2.59. The van der Waals surface area contributed by atoms with Crippen LogP contribution in [0.5, 0.6) is 0 Å². The van der Waals surface area contributed by atoms with Crippen LogP contribution in [0.3, 0.4) is 0 Å². The van der Waals surface area contributed by atoms with Gasteiger partial charge in [0.2, 0.25) is 0 Å². The first-order valence-corrected chi connectivity index (χ1v) is 13.4. The fourth-order valence-corrected chi connectivity index (χ4v) is 8.14. The number of unbranched alkanes of at least 4 members (excludes halogenated alkanes) is 2. The third-order valence-corrected chi connectivity index (χ3v) is 9.68. The summed E-state index contributed by atoms with van der Waals surface area (Å²) in [7, 11) is -2.56. The second kappa shape index (κ2) is 10.5. The number of aryl methyl sites for hydroxylation is 3. The van der Waals surface area contributed by atoms with Crippen molar-refractivity contribution in [2.45, 2.75) is 72.6 Å². The zero-order chi connectivity index (χ0) is 21.4. The van der Waals surface area contributed by atoms with Crippen LogP contribution >= 0.6 is 0 Å². The monoisotopic (exact) mass is 410 g/mol. The standard InChI is InChI=1S/C29H34Si/c1-5-6-7-14-20-30(28-17-12-9-13-18-28,21-19-27-15-10-8-11-16-27)29-25(3)22-24(2)23-26(29)4/h9,12-13,15,17-18,22-23H,5-8,10-11,16H2,1-4H3. The van der Waals surface area contributed by atoms with Crippen LogP contribution in [-0.2, 0) is 0 Å². The van der Waals surface area contributed by atoms with Gasteiger partial charge in [0.15, 0.2) is 0 Å². The zero-order valence-electron chi connectivity index (χ0n) is 19.1. The Morgan fingerprint density at radius 1 is 0.933 bits per heavy atom. The molecule has 0 saturated heterocycles. The van der Waals surface area contributed by atoms with Crippen LogP contribution in [0.4, 0.5) is 0 Å². The minimum absolute atomic E-state index is 0.951. The summed E-state index contributed by atoms with van der Waals surface area (Å²) in [5, 5.41) is 2.71. The summed E-state index contributed by atoms with van der Waals surface area (Å²) >= 11 is 0. The van der Waals surface area contributed by atoms with Gasteiger partial charge < -0.3 is 0 Å². The van der Waals surface area contributed by atoms with Crippen molar-refractivity contribution in [3.8, 4) is 22.9 Å². The third kappa shape index (κ3) is 5.16. The Labute approximate surface area is 184 Å². The maximum Gasteiger partial charge on any atom is 0.276 e. The molecule has 1 aliphatic carbocycles. The van der Waals surface area contributed by atoms with Gasteiger partial charge in [0, 0.05) is 6.42 Å². The van der Waals surface area contributed by atoms with Crippen molar-refractivity contribution in [1.82, 2.24) is 0 Å². The highest BCUT2D eigenvalue weighted by atomic mass is 28.3. The summed E-state index contributed by atoms with van der Waals surface area (Å²) in [6.07, 6.45) is 10.4. The molecule has 30 heavy (non-hydrogen) atoms. The summed E-state index contributed by atoms with van der Waals surface area (Å²) < 4.78 is 0. The Bertz CT molecular complexity index is 998. The van der Waals surface area contributed by atoms with Gasteiger partial charge in [0.1, 0.15) is 0 Å². The topological polar surface area (TPSA) is 0 Å². The molecule has 0 bridgehead atoms. The van der Waals surface area contributed by atoms with Crippen LogP contribution in [0.2, 0.25) is 0 Å². The Hall–Kier alpha value is -2.48. The van der Waals surface area contributed by atoms with E-state index in [-0.39, 0.29) is 0 Å². The largest absolute Gasteiger partial charge is 0.276 e. The highest BCUT2D eigenvalue weighted by molar-refractivity contribution is 7.14. The average molecular weight is 411 g/mol. The Balaban J connectivity index is 2.28. The van der Waals surface area contributed by atoms with Crippen molar-refractivity contribution >= 4 is 18.4 Å². The van der Waals surface area contributed by atoms with Crippen molar-refractivity contribution in [2.24, 2.45) is 0 Å². The van der Waals surface area contributed by atoms with Crippen LogP contribution in [0, 0.1) is 43.7 Å². The van der Waals surface area contributed by atoms with Crippen LogP contribution in [0.25, 0.3) is 0 Å². The van der Waals surface area contributed by atoms with E-state index in [2.05, 4.69) is 99.2 Å². The lowest BCUT2D eigenvalue weighted by molar-refractivity contribution is 0.715. The highest BCUT2D eigenvalue weighted by Gasteiger charge is 2.37. The summed E-state index contributed by atoms with van der Waals surface area (Å²) in [6, 6.07) is 15.5. The van der Waals surface area contributed by atoms with Crippen LogP contribution in [0.1, 0.15) is 68.6 Å². The fraction of sp³-hybridized carbons (Fsp3) is 0.379. The van der Waals surface area contributed by atoms with Gasteiger partial charge in [0.05, 0.1) is 0 Å². The maximum atomic E-state index is 3.86. The second-order valence-corrected chi connectivity index (χ2v) is 11.6. The van der Waals surface area contributed by atoms with E-state index in [9.17, 15) is 0 Å². The molecule has 0 nitrogen and oxygen atoms in total. The first-order chi connectivity index (χ1) is 14.6. The number of allylic oxidation sites excluding steroid dienone is 2. The van der Waals surface area contributed by atoms with Crippen molar-refractivity contribution in [2.75, 3.05) is 0 Å². The van der Waals surface area contributed by atoms with Gasteiger partial charge in [-0.1, -0.05) is 78.9 Å². The van der Waals surface area contributed by atoms with E-state index >= 15 is 0 Å². The molecule has 0 spiro atoms. The molecule has 1 atom stereocenters. The molecule has 0 saturated carbocycles. The molecule has 0 amide bonds. The Morgan fingerprint density at radius 3 is 2.30 bits per heavy atom. The molecule has 2 aromatic rings. The van der Waals surface area contributed by atoms with E-state index in [1.807, 2.05) is 0 Å². The molecule has 0 aliphatic heterocycles. The van der Waals surface area contributed by atoms with Gasteiger partial charge in [-0.05, 0) is 79.9 Å². The lowest BCUT2D eigenvalue weighted by atomic mass is 10.0. The fourth-order valence-electron chi connectivity index (χ4n) is 4.49. The van der Waals surface area contributed by atoms with Crippen LogP contribution in [0.15, 0.2) is 54.1 Å². The quantitative estimate of drug-likeness (QED) is 0.332. The predicted molar refractivity (Wildman–Crippen MR) is 134 cm³/mol. The number of rotatable bonds is 4. The Kier molecular flexibility index (Phi) is 7.79. The Morgan fingerprint density at radius 2 is 1.67 bits per heavy atom. The van der Waals surface area contributed by atoms with Gasteiger partial charge in [0.25, 0.3) is 8.07 Å². The van der Waals surface area contributed by atoms with E-state index in [0.717, 1.165) is 25.7 Å². The third-order valence-electron chi connectivity index (χ3n) is 5.89. The molecule has 2 aromatic carbocycles. The van der Waals surface area contributed by atoms with Gasteiger partial charge in [-0.2, -0.15) is 0 Å². The summed E-state index contributed by atoms with van der Waals surface area (Å²) in [6.45, 7) is 8.90. The molecule has 1 unspecified atom stereocenters. The van der Waals surface area contributed by atoms with Crippen molar-refractivity contribution in [3.05, 3.63) is 70.8 Å². The maximum absolute atomic E-state index is 3.86. The number of hydrogen-bond donors (Lipinski definition) is 0. The molecule has 1 heteroatoms. The molecule has 0 aromatic heterocycles. The van der Waals surface area contributed by atoms with E-state index in [0.29, 0.717) is 0 Å². The summed E-state index contributed by atoms with van der Waals surface area (Å²) in [5.74, 6) is 7.21. The average Bonchev–Trinajstić information content (AvgIpc) is 2.75. The molecular formula is C29H34Si. The van der Waals surface area contributed by atoms with E-state index in [1.165, 1.54) is 51.9 Å². The van der Waals surface area contributed by atoms with Gasteiger partial charge >= 0.3 is 0 Å².